The Hall–Kier alpha value is -1.51. The number of ether oxygens (including phenoxy) is 2. The summed E-state index contributed by atoms with van der Waals surface area (Å²) in [7, 11) is 0. The van der Waals surface area contributed by atoms with Gasteiger partial charge in [0.05, 0.1) is 0 Å². The van der Waals surface area contributed by atoms with Crippen molar-refractivity contribution in [1.29, 1.82) is 0 Å². The molecule has 16 heavy (non-hydrogen) atoms. The maximum atomic E-state index is 11.2. The second-order valence-corrected chi connectivity index (χ2v) is 4.76. The van der Waals surface area contributed by atoms with Crippen molar-refractivity contribution in [2.24, 2.45) is 0 Å². The third-order valence-corrected chi connectivity index (χ3v) is 3.00. The molecular formula is C13H16O3. The minimum absolute atomic E-state index is 0.318. The van der Waals surface area contributed by atoms with Crippen molar-refractivity contribution in [2.75, 3.05) is 0 Å². The average Bonchev–Trinajstić information content (AvgIpc) is 2.39. The van der Waals surface area contributed by atoms with Gasteiger partial charge in [-0.25, -0.2) is 4.79 Å². The van der Waals surface area contributed by atoms with Crippen LogP contribution in [0, 0.1) is 13.8 Å². The van der Waals surface area contributed by atoms with Gasteiger partial charge >= 0.3 is 6.16 Å². The summed E-state index contributed by atoms with van der Waals surface area (Å²) in [6, 6.07) is 6.04. The molecule has 0 saturated carbocycles. The van der Waals surface area contributed by atoms with Crippen LogP contribution in [0.5, 0.6) is 0 Å². The third-order valence-electron chi connectivity index (χ3n) is 3.00. The highest BCUT2D eigenvalue weighted by atomic mass is 16.8. The normalized spacial score (nSPS) is 22.8. The Kier molecular flexibility index (Phi) is 2.41. The molecule has 0 radical (unpaired) electrons. The largest absolute Gasteiger partial charge is 0.509 e. The monoisotopic (exact) mass is 220 g/mol. The van der Waals surface area contributed by atoms with Crippen LogP contribution < -0.4 is 0 Å². The first kappa shape index (κ1) is 11.0. The van der Waals surface area contributed by atoms with Crippen molar-refractivity contribution in [3.05, 3.63) is 34.9 Å². The van der Waals surface area contributed by atoms with Gasteiger partial charge in [0.15, 0.2) is 11.7 Å². The zero-order valence-electron chi connectivity index (χ0n) is 10.0. The number of rotatable bonds is 1. The molecule has 2 rings (SSSR count). The zero-order chi connectivity index (χ0) is 11.9. The van der Waals surface area contributed by atoms with Gasteiger partial charge in [-0.3, -0.25) is 0 Å². The lowest BCUT2D eigenvalue weighted by Crippen LogP contribution is -2.27. The molecule has 0 amide bonds. The Balaban J connectivity index is 2.49. The van der Waals surface area contributed by atoms with Crippen LogP contribution in [0.25, 0.3) is 0 Å². The van der Waals surface area contributed by atoms with E-state index in [1.54, 1.807) is 0 Å². The fourth-order valence-corrected chi connectivity index (χ4v) is 2.18. The first-order valence-electron chi connectivity index (χ1n) is 5.37. The topological polar surface area (TPSA) is 35.5 Å². The van der Waals surface area contributed by atoms with Crippen molar-refractivity contribution >= 4 is 6.16 Å². The molecule has 0 unspecified atom stereocenters. The molecule has 0 bridgehead atoms. The van der Waals surface area contributed by atoms with Crippen LogP contribution in [-0.4, -0.2) is 11.8 Å². The lowest BCUT2D eigenvalue weighted by Gasteiger charge is -2.24. The molecule has 1 aliphatic heterocycles. The molecule has 0 aromatic heterocycles. The maximum Gasteiger partial charge on any atom is 0.509 e. The lowest BCUT2D eigenvalue weighted by atomic mass is 9.89. The molecule has 3 nitrogen and oxygen atoms in total. The van der Waals surface area contributed by atoms with Crippen molar-refractivity contribution < 1.29 is 14.3 Å². The van der Waals surface area contributed by atoms with Gasteiger partial charge in [0, 0.05) is 5.56 Å². The minimum Gasteiger partial charge on any atom is -0.424 e. The van der Waals surface area contributed by atoms with Crippen molar-refractivity contribution in [2.45, 2.75) is 39.4 Å². The Bertz CT molecular complexity index is 415. The summed E-state index contributed by atoms with van der Waals surface area (Å²) < 4.78 is 10.4. The van der Waals surface area contributed by atoms with Gasteiger partial charge in [0.2, 0.25) is 0 Å². The highest BCUT2D eigenvalue weighted by Crippen LogP contribution is 2.40. The molecule has 1 atom stereocenters. The second kappa shape index (κ2) is 3.51. The fourth-order valence-electron chi connectivity index (χ4n) is 2.18. The Morgan fingerprint density at radius 1 is 1.19 bits per heavy atom. The Morgan fingerprint density at radius 3 is 2.19 bits per heavy atom. The number of carbonyl (C=O) groups excluding carboxylic acids is 1. The number of cyclic esters (lactones) is 2. The van der Waals surface area contributed by atoms with E-state index < -0.39 is 11.8 Å². The van der Waals surface area contributed by atoms with Crippen LogP contribution >= 0.6 is 0 Å². The number of benzene rings is 1. The summed E-state index contributed by atoms with van der Waals surface area (Å²) in [5.41, 5.74) is 2.69. The number of hydrogen-bond acceptors (Lipinski definition) is 3. The predicted octanol–water partition coefficient (Wildman–Crippen LogP) is 3.29. The van der Waals surface area contributed by atoms with Crippen LogP contribution in [0.15, 0.2) is 18.2 Å². The number of aryl methyl sites for hydroxylation is 2. The first-order valence-corrected chi connectivity index (χ1v) is 5.37. The molecule has 1 fully saturated rings. The van der Waals surface area contributed by atoms with Gasteiger partial charge in [-0.05, 0) is 38.8 Å². The quantitative estimate of drug-likeness (QED) is 0.681. The van der Waals surface area contributed by atoms with E-state index in [9.17, 15) is 4.79 Å². The van der Waals surface area contributed by atoms with E-state index in [0.29, 0.717) is 0 Å². The van der Waals surface area contributed by atoms with Gasteiger partial charge in [-0.1, -0.05) is 18.2 Å². The van der Waals surface area contributed by atoms with E-state index in [-0.39, 0.29) is 6.10 Å². The van der Waals surface area contributed by atoms with Gasteiger partial charge in [-0.2, -0.15) is 0 Å². The van der Waals surface area contributed by atoms with E-state index >= 15 is 0 Å². The smallest absolute Gasteiger partial charge is 0.424 e. The summed E-state index contributed by atoms with van der Waals surface area (Å²) in [5, 5.41) is 0. The zero-order valence-corrected chi connectivity index (χ0v) is 10.0. The second-order valence-electron chi connectivity index (χ2n) is 4.76. The van der Waals surface area contributed by atoms with Gasteiger partial charge < -0.3 is 9.47 Å². The number of hydrogen-bond donors (Lipinski definition) is 0. The molecule has 1 heterocycles. The summed E-state index contributed by atoms with van der Waals surface area (Å²) in [6.07, 6.45) is -0.904. The molecule has 0 N–H and O–H groups in total. The van der Waals surface area contributed by atoms with Gasteiger partial charge in [0.25, 0.3) is 0 Å². The standard InChI is InChI=1S/C13H16O3/c1-8-6-5-7-9(2)10(8)11-13(3,4)16-12(14)15-11/h5-7,11H,1-4H3/t11-/m1/s1. The van der Waals surface area contributed by atoms with Crippen LogP contribution in [0.2, 0.25) is 0 Å². The van der Waals surface area contributed by atoms with Crippen molar-refractivity contribution in [3.63, 3.8) is 0 Å². The Labute approximate surface area is 95.4 Å². The van der Waals surface area contributed by atoms with Crippen LogP contribution in [0.1, 0.15) is 36.6 Å². The van der Waals surface area contributed by atoms with Crippen LogP contribution in [0.3, 0.4) is 0 Å². The molecule has 1 aliphatic rings. The first-order chi connectivity index (χ1) is 7.42. The molecule has 1 aromatic carbocycles. The molecule has 86 valence electrons. The van der Waals surface area contributed by atoms with E-state index in [4.69, 9.17) is 9.47 Å². The van der Waals surface area contributed by atoms with Crippen molar-refractivity contribution in [3.8, 4) is 0 Å². The minimum atomic E-state index is -0.603. The van der Waals surface area contributed by atoms with E-state index in [1.807, 2.05) is 45.9 Å². The van der Waals surface area contributed by atoms with E-state index in [2.05, 4.69) is 0 Å². The molecule has 3 heteroatoms. The highest BCUT2D eigenvalue weighted by molar-refractivity contribution is 5.64. The average molecular weight is 220 g/mol. The lowest BCUT2D eigenvalue weighted by molar-refractivity contribution is 0.0637. The summed E-state index contributed by atoms with van der Waals surface area (Å²) in [6.45, 7) is 7.78. The molecular weight excluding hydrogens is 204 g/mol. The summed E-state index contributed by atoms with van der Waals surface area (Å²) in [4.78, 5) is 11.2. The molecule has 1 saturated heterocycles. The maximum absolute atomic E-state index is 11.2. The SMILES string of the molecule is Cc1cccc(C)c1[C@H]1OC(=O)OC1(C)C. The predicted molar refractivity (Wildman–Crippen MR) is 60.3 cm³/mol. The highest BCUT2D eigenvalue weighted by Gasteiger charge is 2.45. The molecule has 0 aliphatic carbocycles. The van der Waals surface area contributed by atoms with Gasteiger partial charge in [0.1, 0.15) is 0 Å². The van der Waals surface area contributed by atoms with Gasteiger partial charge in [-0.15, -0.1) is 0 Å². The van der Waals surface area contributed by atoms with E-state index in [0.717, 1.165) is 16.7 Å². The number of carbonyl (C=O) groups is 1. The molecule has 0 spiro atoms. The summed E-state index contributed by atoms with van der Waals surface area (Å²) in [5.74, 6) is 0. The van der Waals surface area contributed by atoms with Crippen LogP contribution in [0.4, 0.5) is 4.79 Å². The van der Waals surface area contributed by atoms with Crippen molar-refractivity contribution in [1.82, 2.24) is 0 Å². The summed E-state index contributed by atoms with van der Waals surface area (Å²) >= 11 is 0. The van der Waals surface area contributed by atoms with E-state index in [1.165, 1.54) is 0 Å². The third kappa shape index (κ3) is 1.66. The molecule has 1 aromatic rings. The Morgan fingerprint density at radius 2 is 1.75 bits per heavy atom. The van der Waals surface area contributed by atoms with Crippen LogP contribution in [-0.2, 0) is 9.47 Å². The fraction of sp³-hybridized carbons (Fsp3) is 0.462.